The van der Waals surface area contributed by atoms with Crippen molar-refractivity contribution in [2.45, 2.75) is 12.4 Å². The number of halogens is 8. The predicted octanol–water partition coefficient (Wildman–Crippen LogP) is 4.07. The normalized spacial score (nSPS) is 11.0. The Morgan fingerprint density at radius 3 is 1.44 bits per heavy atom. The fourth-order valence-corrected chi connectivity index (χ4v) is 2.80. The highest BCUT2D eigenvalue weighted by atomic mass is 19.4. The van der Waals surface area contributed by atoms with Crippen LogP contribution in [0.3, 0.4) is 0 Å². The van der Waals surface area contributed by atoms with E-state index in [9.17, 15) is 26.3 Å². The van der Waals surface area contributed by atoms with Crippen molar-refractivity contribution in [1.29, 1.82) is 21.0 Å². The van der Waals surface area contributed by atoms with E-state index < -0.39 is 67.8 Å². The SMILES string of the molecule is N#CC(C#N)=c1c(F)c(C(F)(F)F)c(=C(C#N)C#N)c(F)c1-c1ccc(C(F)(F)F)cc1. The Bertz CT molecular complexity index is 1360. The largest absolute Gasteiger partial charge is 0.420 e. The molecule has 0 aliphatic carbocycles. The molecular weight excluding hydrogens is 448 g/mol. The summed E-state index contributed by atoms with van der Waals surface area (Å²) in [4.78, 5) is 0. The molecule has 0 aliphatic rings. The summed E-state index contributed by atoms with van der Waals surface area (Å²) >= 11 is 0. The maximum atomic E-state index is 15.3. The molecule has 160 valence electrons. The molecule has 0 N–H and O–H groups in total. The molecule has 2 aromatic carbocycles. The molecule has 0 saturated carbocycles. The van der Waals surface area contributed by atoms with Crippen molar-refractivity contribution in [3.05, 3.63) is 57.5 Å². The van der Waals surface area contributed by atoms with Crippen molar-refractivity contribution in [3.63, 3.8) is 0 Å². The molecule has 0 fully saturated rings. The lowest BCUT2D eigenvalue weighted by molar-refractivity contribution is -0.141. The van der Waals surface area contributed by atoms with Crippen molar-refractivity contribution >= 4 is 11.1 Å². The lowest BCUT2D eigenvalue weighted by Gasteiger charge is -2.15. The molecule has 0 bridgehead atoms. The molecule has 0 aromatic heterocycles. The van der Waals surface area contributed by atoms with E-state index in [2.05, 4.69) is 0 Å². The molecular formula is C20H4F8N4. The summed E-state index contributed by atoms with van der Waals surface area (Å²) in [6.07, 6.45) is -10.5. The smallest absolute Gasteiger partial charge is 0.206 e. The summed E-state index contributed by atoms with van der Waals surface area (Å²) in [7, 11) is 0. The van der Waals surface area contributed by atoms with Gasteiger partial charge in [0.15, 0.2) is 0 Å². The molecule has 0 radical (unpaired) electrons. The summed E-state index contributed by atoms with van der Waals surface area (Å²) < 4.78 is 109. The zero-order valence-corrected chi connectivity index (χ0v) is 15.1. The van der Waals surface area contributed by atoms with E-state index in [-0.39, 0.29) is 0 Å². The fraction of sp³-hybridized carbons (Fsp3) is 0.100. The minimum absolute atomic E-state index is 0.408. The monoisotopic (exact) mass is 452 g/mol. The van der Waals surface area contributed by atoms with Crippen LogP contribution in [-0.4, -0.2) is 0 Å². The van der Waals surface area contributed by atoms with Gasteiger partial charge >= 0.3 is 12.4 Å². The van der Waals surface area contributed by atoms with Gasteiger partial charge in [0.1, 0.15) is 52.6 Å². The molecule has 4 nitrogen and oxygen atoms in total. The zero-order chi connectivity index (χ0) is 24.4. The lowest BCUT2D eigenvalue weighted by atomic mass is 9.93. The Kier molecular flexibility index (Phi) is 6.24. The molecule has 0 heterocycles. The second kappa shape index (κ2) is 8.37. The van der Waals surface area contributed by atoms with Crippen LogP contribution in [0.5, 0.6) is 0 Å². The molecule has 32 heavy (non-hydrogen) atoms. The van der Waals surface area contributed by atoms with Gasteiger partial charge in [0.05, 0.1) is 16.0 Å². The van der Waals surface area contributed by atoms with Gasteiger partial charge in [-0.25, -0.2) is 8.78 Å². The van der Waals surface area contributed by atoms with Crippen molar-refractivity contribution in [2.24, 2.45) is 0 Å². The third kappa shape index (κ3) is 4.08. The Morgan fingerprint density at radius 1 is 0.625 bits per heavy atom. The van der Waals surface area contributed by atoms with Crippen LogP contribution in [0.4, 0.5) is 35.1 Å². The van der Waals surface area contributed by atoms with Crippen LogP contribution in [0, 0.1) is 57.0 Å². The molecule has 0 aliphatic heterocycles. The first-order valence-electron chi connectivity index (χ1n) is 7.98. The Hall–Kier alpha value is -4.42. The van der Waals surface area contributed by atoms with Gasteiger partial charge in [-0.2, -0.15) is 47.4 Å². The van der Waals surface area contributed by atoms with Gasteiger partial charge in [-0.1, -0.05) is 12.1 Å². The highest BCUT2D eigenvalue weighted by Crippen LogP contribution is 2.33. The Morgan fingerprint density at radius 2 is 1.06 bits per heavy atom. The highest BCUT2D eigenvalue weighted by Gasteiger charge is 2.40. The summed E-state index contributed by atoms with van der Waals surface area (Å²) in [5, 5.41) is 32.7. The summed E-state index contributed by atoms with van der Waals surface area (Å²) in [5.74, 6) is -4.36. The lowest BCUT2D eigenvalue weighted by Crippen LogP contribution is -2.34. The number of alkyl halides is 6. The molecule has 0 amide bonds. The van der Waals surface area contributed by atoms with E-state index >= 15 is 8.78 Å². The number of nitriles is 4. The molecule has 12 heteroatoms. The molecule has 2 rings (SSSR count). The number of benzene rings is 2. The average molecular weight is 452 g/mol. The topological polar surface area (TPSA) is 95.2 Å². The maximum absolute atomic E-state index is 15.3. The van der Waals surface area contributed by atoms with Crippen LogP contribution in [0.1, 0.15) is 11.1 Å². The van der Waals surface area contributed by atoms with Crippen LogP contribution in [0.2, 0.25) is 0 Å². The molecule has 2 aromatic rings. The highest BCUT2D eigenvalue weighted by molar-refractivity contribution is 5.82. The van der Waals surface area contributed by atoms with E-state index in [0.29, 0.717) is 24.3 Å². The van der Waals surface area contributed by atoms with E-state index in [1.165, 1.54) is 0 Å². The fourth-order valence-electron chi connectivity index (χ4n) is 2.80. The Balaban J connectivity index is 3.33. The average Bonchev–Trinajstić information content (AvgIpc) is 2.71. The van der Waals surface area contributed by atoms with E-state index in [1.54, 1.807) is 0 Å². The van der Waals surface area contributed by atoms with Gasteiger partial charge in [0.2, 0.25) is 0 Å². The second-order valence-corrected chi connectivity index (χ2v) is 5.90. The van der Waals surface area contributed by atoms with E-state index in [1.807, 2.05) is 0 Å². The number of hydrogen-bond donors (Lipinski definition) is 0. The third-order valence-corrected chi connectivity index (χ3v) is 4.11. The molecule has 0 atom stereocenters. The van der Waals surface area contributed by atoms with Gasteiger partial charge in [-0.15, -0.1) is 0 Å². The first-order chi connectivity index (χ1) is 14.8. The first-order valence-corrected chi connectivity index (χ1v) is 7.98. The van der Waals surface area contributed by atoms with Crippen molar-refractivity contribution in [3.8, 4) is 35.4 Å². The van der Waals surface area contributed by atoms with Crippen LogP contribution in [0.15, 0.2) is 24.3 Å². The minimum atomic E-state index is -5.68. The number of rotatable bonds is 1. The maximum Gasteiger partial charge on any atom is 0.420 e. The second-order valence-electron chi connectivity index (χ2n) is 5.90. The van der Waals surface area contributed by atoms with Crippen LogP contribution in [0.25, 0.3) is 22.3 Å². The van der Waals surface area contributed by atoms with Gasteiger partial charge in [0, 0.05) is 5.56 Å². The van der Waals surface area contributed by atoms with Crippen molar-refractivity contribution in [1.82, 2.24) is 0 Å². The number of hydrogen-bond acceptors (Lipinski definition) is 4. The minimum Gasteiger partial charge on any atom is -0.206 e. The quantitative estimate of drug-likeness (QED) is 0.610. The van der Waals surface area contributed by atoms with E-state index in [0.717, 1.165) is 24.3 Å². The van der Waals surface area contributed by atoms with Crippen LogP contribution in [-0.2, 0) is 12.4 Å². The summed E-state index contributed by atoms with van der Waals surface area (Å²) in [6, 6.07) is 6.16. The molecule has 0 spiro atoms. The molecule has 0 unspecified atom stereocenters. The van der Waals surface area contributed by atoms with Crippen LogP contribution >= 0.6 is 0 Å². The standard InChI is InChI=1S/C20H4F8N4/c21-17-13(9-1-3-12(4-2-9)19(23,24)25)14(10(5-29)6-30)18(22)16(20(26,27)28)15(17)11(7-31)8-32/h1-4H. The first kappa shape index (κ1) is 23.9. The predicted molar refractivity (Wildman–Crippen MR) is 90.3 cm³/mol. The third-order valence-electron chi connectivity index (χ3n) is 4.11. The van der Waals surface area contributed by atoms with Gasteiger partial charge in [-0.3, -0.25) is 0 Å². The molecule has 0 saturated heterocycles. The van der Waals surface area contributed by atoms with Gasteiger partial charge < -0.3 is 0 Å². The van der Waals surface area contributed by atoms with E-state index in [4.69, 9.17) is 21.0 Å². The number of nitrogens with zero attached hydrogens (tertiary/aromatic N) is 4. The summed E-state index contributed by atoms with van der Waals surface area (Å²) in [5.41, 5.74) is -8.28. The van der Waals surface area contributed by atoms with Gasteiger partial charge in [-0.05, 0) is 17.7 Å². The van der Waals surface area contributed by atoms with Crippen LogP contribution < -0.4 is 10.4 Å². The zero-order valence-electron chi connectivity index (χ0n) is 15.1. The summed E-state index contributed by atoms with van der Waals surface area (Å²) in [6.45, 7) is 0. The van der Waals surface area contributed by atoms with Crippen molar-refractivity contribution in [2.75, 3.05) is 0 Å². The Labute approximate surface area is 173 Å². The van der Waals surface area contributed by atoms with Gasteiger partial charge in [0.25, 0.3) is 0 Å². The van der Waals surface area contributed by atoms with Crippen molar-refractivity contribution < 1.29 is 35.1 Å².